The normalized spacial score (nSPS) is 16.4. The van der Waals surface area contributed by atoms with Gasteiger partial charge in [-0.3, -0.25) is 9.78 Å². The van der Waals surface area contributed by atoms with Gasteiger partial charge in [0.15, 0.2) is 6.10 Å². The maximum Gasteiger partial charge on any atom is 0.339 e. The van der Waals surface area contributed by atoms with Crippen molar-refractivity contribution in [3.05, 3.63) is 58.1 Å². The van der Waals surface area contributed by atoms with Gasteiger partial charge in [0.1, 0.15) is 11.1 Å². The van der Waals surface area contributed by atoms with Gasteiger partial charge in [0.2, 0.25) is 0 Å². The number of para-hydroxylation sites is 1. The summed E-state index contributed by atoms with van der Waals surface area (Å²) in [6.07, 6.45) is 1.62. The molecule has 1 N–H and O–H groups in total. The van der Waals surface area contributed by atoms with Crippen LogP contribution in [0.2, 0.25) is 0 Å². The Labute approximate surface area is 178 Å². The summed E-state index contributed by atoms with van der Waals surface area (Å²) in [4.78, 5) is 30.5. The highest BCUT2D eigenvalue weighted by Crippen LogP contribution is 2.32. The van der Waals surface area contributed by atoms with Crippen LogP contribution in [0.15, 0.2) is 35.7 Å². The van der Waals surface area contributed by atoms with E-state index in [9.17, 15) is 9.59 Å². The molecule has 30 heavy (non-hydrogen) atoms. The van der Waals surface area contributed by atoms with Crippen LogP contribution in [0.5, 0.6) is 0 Å². The summed E-state index contributed by atoms with van der Waals surface area (Å²) in [6, 6.07) is 11.2. The fourth-order valence-electron chi connectivity index (χ4n) is 3.78. The lowest BCUT2D eigenvalue weighted by Gasteiger charge is -2.24. The van der Waals surface area contributed by atoms with E-state index < -0.39 is 18.0 Å². The van der Waals surface area contributed by atoms with Crippen LogP contribution in [0.4, 0.5) is 5.00 Å². The average molecular weight is 420 g/mol. The Balaban J connectivity index is 1.62. The quantitative estimate of drug-likeness (QED) is 0.630. The minimum atomic E-state index is -1.00. The van der Waals surface area contributed by atoms with Crippen molar-refractivity contribution < 1.29 is 14.3 Å². The van der Waals surface area contributed by atoms with Gasteiger partial charge in [0, 0.05) is 11.1 Å². The molecule has 0 radical (unpaired) electrons. The molecule has 0 fully saturated rings. The average Bonchev–Trinajstić information content (AvgIpc) is 3.18. The van der Waals surface area contributed by atoms with Crippen molar-refractivity contribution in [2.45, 2.75) is 39.2 Å². The summed E-state index contributed by atoms with van der Waals surface area (Å²) in [5, 5.41) is 14.7. The number of aryl methyl sites for hydroxylation is 1. The number of anilines is 1. The SMILES string of the molecule is C[C@@H]1CCc2nc3ccccc3c(C(=O)O[C@H](C)C(=O)Nc3sccc3C#N)c2C1. The molecule has 7 heteroatoms. The molecule has 0 saturated carbocycles. The van der Waals surface area contributed by atoms with Gasteiger partial charge in [-0.05, 0) is 55.2 Å². The van der Waals surface area contributed by atoms with Crippen molar-refractivity contribution in [2.75, 3.05) is 5.32 Å². The second-order valence-electron chi connectivity index (χ2n) is 7.59. The van der Waals surface area contributed by atoms with Crippen molar-refractivity contribution in [3.63, 3.8) is 0 Å². The molecule has 0 aliphatic heterocycles. The highest BCUT2D eigenvalue weighted by Gasteiger charge is 2.28. The second kappa shape index (κ2) is 8.25. The van der Waals surface area contributed by atoms with Gasteiger partial charge in [-0.2, -0.15) is 5.26 Å². The topological polar surface area (TPSA) is 92.1 Å². The number of amides is 1. The summed E-state index contributed by atoms with van der Waals surface area (Å²) < 4.78 is 5.57. The maximum atomic E-state index is 13.2. The fourth-order valence-corrected chi connectivity index (χ4v) is 4.52. The van der Waals surface area contributed by atoms with Crippen LogP contribution in [0, 0.1) is 17.2 Å². The van der Waals surface area contributed by atoms with E-state index in [1.807, 2.05) is 30.3 Å². The summed E-state index contributed by atoms with van der Waals surface area (Å²) >= 11 is 1.25. The van der Waals surface area contributed by atoms with Crippen LogP contribution in [0.1, 0.15) is 47.4 Å². The van der Waals surface area contributed by atoms with E-state index in [1.54, 1.807) is 11.4 Å². The standard InChI is InChI=1S/C23H21N3O3S/c1-13-7-8-19-17(11-13)20(16-5-3-4-6-18(16)25-19)23(28)29-14(2)21(27)26-22-15(12-24)9-10-30-22/h3-6,9-10,13-14H,7-8,11H2,1-2H3,(H,26,27)/t13-,14-/m1/s1. The van der Waals surface area contributed by atoms with E-state index in [2.05, 4.69) is 12.2 Å². The van der Waals surface area contributed by atoms with Crippen LogP contribution in [0.3, 0.4) is 0 Å². The minimum Gasteiger partial charge on any atom is -0.449 e. The lowest BCUT2D eigenvalue weighted by molar-refractivity contribution is -0.123. The summed E-state index contributed by atoms with van der Waals surface area (Å²) in [5.74, 6) is -0.535. The smallest absolute Gasteiger partial charge is 0.339 e. The number of pyridine rings is 1. The van der Waals surface area contributed by atoms with Crippen molar-refractivity contribution in [1.29, 1.82) is 5.26 Å². The number of carbonyl (C=O) groups is 2. The molecule has 0 unspecified atom stereocenters. The molecule has 2 aromatic heterocycles. The van der Waals surface area contributed by atoms with Crippen LogP contribution < -0.4 is 5.32 Å². The predicted octanol–water partition coefficient (Wildman–Crippen LogP) is 4.48. The van der Waals surface area contributed by atoms with Gasteiger partial charge in [-0.25, -0.2) is 4.79 Å². The summed E-state index contributed by atoms with van der Waals surface area (Å²) in [6.45, 7) is 3.70. The molecule has 0 saturated heterocycles. The Morgan fingerprint density at radius 3 is 2.93 bits per heavy atom. The van der Waals surface area contributed by atoms with Crippen molar-refractivity contribution in [1.82, 2.24) is 4.98 Å². The number of ether oxygens (including phenoxy) is 1. The number of thiophene rings is 1. The first-order valence-electron chi connectivity index (χ1n) is 9.88. The Bertz CT molecular complexity index is 1180. The molecule has 0 spiro atoms. The molecular weight excluding hydrogens is 398 g/mol. The molecule has 2 atom stereocenters. The Morgan fingerprint density at radius 1 is 1.33 bits per heavy atom. The van der Waals surface area contributed by atoms with E-state index in [4.69, 9.17) is 15.0 Å². The molecule has 1 aliphatic carbocycles. The molecule has 3 aromatic rings. The van der Waals surface area contributed by atoms with Crippen LogP contribution >= 0.6 is 11.3 Å². The maximum absolute atomic E-state index is 13.2. The van der Waals surface area contributed by atoms with Crippen molar-refractivity contribution >= 4 is 39.1 Å². The van der Waals surface area contributed by atoms with Crippen molar-refractivity contribution in [3.8, 4) is 6.07 Å². The molecular formula is C23H21N3O3S. The lowest BCUT2D eigenvalue weighted by Crippen LogP contribution is -2.31. The van der Waals surface area contributed by atoms with Crippen LogP contribution in [-0.2, 0) is 22.4 Å². The third-order valence-electron chi connectivity index (χ3n) is 5.39. The zero-order valence-corrected chi connectivity index (χ0v) is 17.6. The van der Waals surface area contributed by atoms with Gasteiger partial charge in [0.05, 0.1) is 16.6 Å². The van der Waals surface area contributed by atoms with Crippen molar-refractivity contribution in [2.24, 2.45) is 5.92 Å². The summed E-state index contributed by atoms with van der Waals surface area (Å²) in [5.41, 5.74) is 3.51. The number of carbonyl (C=O) groups excluding carboxylic acids is 2. The third-order valence-corrected chi connectivity index (χ3v) is 6.21. The minimum absolute atomic E-state index is 0.384. The molecule has 1 aromatic carbocycles. The molecule has 2 heterocycles. The molecule has 0 bridgehead atoms. The second-order valence-corrected chi connectivity index (χ2v) is 8.51. The first kappa shape index (κ1) is 20.0. The lowest BCUT2D eigenvalue weighted by atomic mass is 9.84. The van der Waals surface area contributed by atoms with E-state index >= 15 is 0 Å². The Kier molecular flexibility index (Phi) is 5.51. The molecule has 1 amide bonds. The van der Waals surface area contributed by atoms with E-state index in [0.29, 0.717) is 22.0 Å². The highest BCUT2D eigenvalue weighted by atomic mass is 32.1. The highest BCUT2D eigenvalue weighted by molar-refractivity contribution is 7.14. The number of hydrogen-bond donors (Lipinski definition) is 1. The first-order chi connectivity index (χ1) is 14.5. The molecule has 6 nitrogen and oxygen atoms in total. The number of rotatable bonds is 4. The van der Waals surface area contributed by atoms with Gasteiger partial charge in [0.25, 0.3) is 5.91 Å². The zero-order valence-electron chi connectivity index (χ0n) is 16.8. The molecule has 152 valence electrons. The Hall–Kier alpha value is -3.24. The van der Waals surface area contributed by atoms with Gasteiger partial charge < -0.3 is 10.1 Å². The van der Waals surface area contributed by atoms with E-state index in [1.165, 1.54) is 18.3 Å². The van der Waals surface area contributed by atoms with Gasteiger partial charge in [-0.15, -0.1) is 11.3 Å². The largest absolute Gasteiger partial charge is 0.449 e. The number of nitrogens with one attached hydrogen (secondary N) is 1. The summed E-state index contributed by atoms with van der Waals surface area (Å²) in [7, 11) is 0. The number of hydrogen-bond acceptors (Lipinski definition) is 6. The number of nitrogens with zero attached hydrogens (tertiary/aromatic N) is 2. The van der Waals surface area contributed by atoms with E-state index in [-0.39, 0.29) is 0 Å². The predicted molar refractivity (Wildman–Crippen MR) is 115 cm³/mol. The number of fused-ring (bicyclic) bond motifs is 2. The van der Waals surface area contributed by atoms with Crippen LogP contribution in [0.25, 0.3) is 10.9 Å². The third kappa shape index (κ3) is 3.79. The Morgan fingerprint density at radius 2 is 2.13 bits per heavy atom. The number of nitriles is 1. The fraction of sp³-hybridized carbons (Fsp3) is 0.304. The number of esters is 1. The molecule has 4 rings (SSSR count). The van der Waals surface area contributed by atoms with Gasteiger partial charge in [-0.1, -0.05) is 25.1 Å². The number of benzene rings is 1. The zero-order chi connectivity index (χ0) is 21.3. The number of aromatic nitrogens is 1. The molecule has 1 aliphatic rings. The first-order valence-corrected chi connectivity index (χ1v) is 10.8. The van der Waals surface area contributed by atoms with E-state index in [0.717, 1.165) is 41.4 Å². The van der Waals surface area contributed by atoms with Gasteiger partial charge >= 0.3 is 5.97 Å². The van der Waals surface area contributed by atoms with Crippen LogP contribution in [-0.4, -0.2) is 23.0 Å². The monoisotopic (exact) mass is 419 g/mol.